The zero-order valence-electron chi connectivity index (χ0n) is 28.5. The number of hydrogen-bond donors (Lipinski definition) is 0. The average Bonchev–Trinajstić information content (AvgIpc) is 3.74. The number of hydrogen-bond acceptors (Lipinski definition) is 3. The second-order valence-corrected chi connectivity index (χ2v) is 13.2. The number of fused-ring (bicyclic) bond motifs is 8. The number of rotatable bonds is 5. The van der Waals surface area contributed by atoms with E-state index in [4.69, 9.17) is 0 Å². The van der Waals surface area contributed by atoms with Crippen LogP contribution in [0.15, 0.2) is 176 Å². The van der Waals surface area contributed by atoms with Crippen molar-refractivity contribution in [1.82, 2.24) is 9.13 Å². The maximum Gasteiger partial charge on any atom is 0.103 e. The predicted molar refractivity (Wildman–Crippen MR) is 217 cm³/mol. The lowest BCUT2D eigenvalue weighted by molar-refractivity contribution is 1.08. The lowest BCUT2D eigenvalue weighted by Gasteiger charge is -2.25. The van der Waals surface area contributed by atoms with Crippen LogP contribution in [0.5, 0.6) is 0 Å². The molecule has 5 nitrogen and oxygen atoms in total. The van der Waals surface area contributed by atoms with E-state index in [1.807, 2.05) is 42.5 Å². The molecule has 0 atom stereocenters. The smallest absolute Gasteiger partial charge is 0.103 e. The van der Waals surface area contributed by atoms with Crippen molar-refractivity contribution < 1.29 is 0 Å². The topological polar surface area (TPSA) is 60.7 Å². The van der Waals surface area contributed by atoms with Crippen LogP contribution in [-0.2, 0) is 0 Å². The fourth-order valence-corrected chi connectivity index (χ4v) is 8.14. The van der Waals surface area contributed by atoms with Crippen molar-refractivity contribution >= 4 is 71.4 Å². The third-order valence-corrected chi connectivity index (χ3v) is 10.4. The number of para-hydroxylation sites is 4. The first-order chi connectivity index (χ1) is 26.2. The Morgan fingerprint density at radius 2 is 0.981 bits per heavy atom. The Balaban J connectivity index is 1.35. The van der Waals surface area contributed by atoms with Gasteiger partial charge in [-0.15, -0.1) is 0 Å². The van der Waals surface area contributed by atoms with Crippen LogP contribution in [0.25, 0.3) is 65.8 Å². The van der Waals surface area contributed by atoms with Gasteiger partial charge in [0.05, 0.1) is 44.6 Å². The van der Waals surface area contributed by atoms with Gasteiger partial charge in [-0.25, -0.2) is 0 Å². The number of anilines is 3. The standard InChI is InChI=1S/C48H29N5/c49-30-33-24-27-46(48(41(33)31-50)53-42-21-11-9-19-38(42)39-20-10-12-22-43(39)53)52-44-28-25-36(51(34-14-3-1-4-15-34)35-16-5-2-6-17-35)29-40(44)47-37-18-8-7-13-32(37)23-26-45(47)52/h1-29H. The van der Waals surface area contributed by atoms with Crippen molar-refractivity contribution in [3.05, 3.63) is 187 Å². The normalized spacial score (nSPS) is 11.4. The summed E-state index contributed by atoms with van der Waals surface area (Å²) in [4.78, 5) is 2.28. The fourth-order valence-electron chi connectivity index (χ4n) is 8.14. The Morgan fingerprint density at radius 1 is 0.415 bits per heavy atom. The first-order valence-corrected chi connectivity index (χ1v) is 17.6. The zero-order chi connectivity index (χ0) is 35.5. The SMILES string of the molecule is N#Cc1ccc(-n2c3ccc(N(c4ccccc4)c4ccccc4)cc3c3c4ccccc4ccc32)c(-n2c3ccccc3c3ccccc32)c1C#N. The third-order valence-electron chi connectivity index (χ3n) is 10.4. The van der Waals surface area contributed by atoms with E-state index in [1.54, 1.807) is 6.07 Å². The molecule has 0 aliphatic heterocycles. The van der Waals surface area contributed by atoms with Crippen LogP contribution in [0.1, 0.15) is 11.1 Å². The summed E-state index contributed by atoms with van der Waals surface area (Å²) in [7, 11) is 0. The van der Waals surface area contributed by atoms with E-state index in [2.05, 4.69) is 154 Å². The van der Waals surface area contributed by atoms with Gasteiger partial charge in [0, 0.05) is 38.6 Å². The summed E-state index contributed by atoms with van der Waals surface area (Å²) in [6.45, 7) is 0. The molecule has 2 aromatic heterocycles. The lowest BCUT2D eigenvalue weighted by atomic mass is 10.0. The number of benzene rings is 8. The van der Waals surface area contributed by atoms with Crippen molar-refractivity contribution in [1.29, 1.82) is 10.5 Å². The lowest BCUT2D eigenvalue weighted by Crippen LogP contribution is -2.09. The van der Waals surface area contributed by atoms with Crippen molar-refractivity contribution in [2.24, 2.45) is 0 Å². The van der Waals surface area contributed by atoms with E-state index in [-0.39, 0.29) is 0 Å². The molecule has 0 saturated heterocycles. The van der Waals surface area contributed by atoms with Gasteiger partial charge in [-0.2, -0.15) is 10.5 Å². The van der Waals surface area contributed by atoms with Gasteiger partial charge >= 0.3 is 0 Å². The van der Waals surface area contributed by atoms with Gasteiger partial charge in [0.15, 0.2) is 0 Å². The van der Waals surface area contributed by atoms with Crippen LogP contribution in [0.2, 0.25) is 0 Å². The molecule has 0 aliphatic carbocycles. The minimum Gasteiger partial charge on any atom is -0.310 e. The molecule has 0 bridgehead atoms. The largest absolute Gasteiger partial charge is 0.310 e. The second kappa shape index (κ2) is 12.0. The molecule has 0 amide bonds. The van der Waals surface area contributed by atoms with Crippen LogP contribution >= 0.6 is 0 Å². The predicted octanol–water partition coefficient (Wildman–Crippen LogP) is 12.2. The molecule has 8 aromatic carbocycles. The van der Waals surface area contributed by atoms with Gasteiger partial charge in [0.25, 0.3) is 0 Å². The van der Waals surface area contributed by atoms with Crippen LogP contribution in [-0.4, -0.2) is 9.13 Å². The summed E-state index contributed by atoms with van der Waals surface area (Å²) in [5.41, 5.74) is 9.26. The van der Waals surface area contributed by atoms with Gasteiger partial charge in [-0.3, -0.25) is 0 Å². The van der Waals surface area contributed by atoms with Crippen molar-refractivity contribution in [2.75, 3.05) is 4.90 Å². The first-order valence-electron chi connectivity index (χ1n) is 17.6. The second-order valence-electron chi connectivity index (χ2n) is 13.2. The molecule has 0 fully saturated rings. The summed E-state index contributed by atoms with van der Waals surface area (Å²) in [5.74, 6) is 0. The molecular formula is C48H29N5. The van der Waals surface area contributed by atoms with Crippen LogP contribution in [0.3, 0.4) is 0 Å². The summed E-state index contributed by atoms with van der Waals surface area (Å²) >= 11 is 0. The maximum absolute atomic E-state index is 10.8. The van der Waals surface area contributed by atoms with E-state index in [1.165, 1.54) is 0 Å². The maximum atomic E-state index is 10.8. The molecule has 10 aromatic rings. The fraction of sp³-hybridized carbons (Fsp3) is 0. The van der Waals surface area contributed by atoms with E-state index < -0.39 is 0 Å². The average molecular weight is 676 g/mol. The van der Waals surface area contributed by atoms with E-state index >= 15 is 0 Å². The first kappa shape index (κ1) is 30.2. The van der Waals surface area contributed by atoms with Gasteiger partial charge < -0.3 is 14.0 Å². The van der Waals surface area contributed by atoms with Crippen LogP contribution < -0.4 is 4.90 Å². The molecule has 10 rings (SSSR count). The van der Waals surface area contributed by atoms with E-state index in [0.717, 1.165) is 77.1 Å². The molecule has 2 heterocycles. The highest BCUT2D eigenvalue weighted by Gasteiger charge is 2.25. The number of nitriles is 2. The Morgan fingerprint density at radius 3 is 1.62 bits per heavy atom. The molecule has 246 valence electrons. The van der Waals surface area contributed by atoms with Gasteiger partial charge in [0.1, 0.15) is 12.1 Å². The molecular weight excluding hydrogens is 647 g/mol. The van der Waals surface area contributed by atoms with Crippen molar-refractivity contribution in [2.45, 2.75) is 0 Å². The Bertz CT molecular complexity index is 3050. The quantitative estimate of drug-likeness (QED) is 0.182. The molecule has 53 heavy (non-hydrogen) atoms. The molecule has 0 aliphatic rings. The molecule has 0 spiro atoms. The van der Waals surface area contributed by atoms with Crippen molar-refractivity contribution in [3.63, 3.8) is 0 Å². The highest BCUT2D eigenvalue weighted by molar-refractivity contribution is 6.22. The highest BCUT2D eigenvalue weighted by Crippen LogP contribution is 2.44. The van der Waals surface area contributed by atoms with Crippen molar-refractivity contribution in [3.8, 4) is 23.5 Å². The summed E-state index contributed by atoms with van der Waals surface area (Å²) in [5, 5.41) is 27.8. The zero-order valence-corrected chi connectivity index (χ0v) is 28.5. The van der Waals surface area contributed by atoms with E-state index in [0.29, 0.717) is 16.8 Å². The number of nitrogens with zero attached hydrogens (tertiary/aromatic N) is 5. The molecule has 0 unspecified atom stereocenters. The molecule has 0 saturated carbocycles. The third kappa shape index (κ3) is 4.55. The van der Waals surface area contributed by atoms with Gasteiger partial charge in [0.2, 0.25) is 0 Å². The highest BCUT2D eigenvalue weighted by atomic mass is 15.1. The van der Waals surface area contributed by atoms with Crippen LogP contribution in [0.4, 0.5) is 17.1 Å². The van der Waals surface area contributed by atoms with Gasteiger partial charge in [-0.1, -0.05) is 103 Å². The Kier molecular flexibility index (Phi) is 6.86. The van der Waals surface area contributed by atoms with E-state index in [9.17, 15) is 10.5 Å². The molecule has 0 radical (unpaired) electrons. The summed E-state index contributed by atoms with van der Waals surface area (Å²) < 4.78 is 4.44. The molecule has 0 N–H and O–H groups in total. The molecule has 5 heteroatoms. The van der Waals surface area contributed by atoms with Gasteiger partial charge in [-0.05, 0) is 83.6 Å². The monoisotopic (exact) mass is 675 g/mol. The summed E-state index contributed by atoms with van der Waals surface area (Å²) in [6.07, 6.45) is 0. The Labute approximate surface area is 305 Å². The van der Waals surface area contributed by atoms with Crippen LogP contribution in [0, 0.1) is 22.7 Å². The minimum absolute atomic E-state index is 0.336. The summed E-state index contributed by atoms with van der Waals surface area (Å²) in [6, 6.07) is 65.5. The number of aromatic nitrogens is 2. The minimum atomic E-state index is 0.336. The Hall–Kier alpha value is -7.60.